The van der Waals surface area contributed by atoms with Crippen LogP contribution in [0, 0.1) is 0 Å². The number of carbonyl (C=O) groups is 1. The van der Waals surface area contributed by atoms with Crippen LogP contribution in [0.25, 0.3) is 0 Å². The van der Waals surface area contributed by atoms with Crippen molar-refractivity contribution in [1.82, 2.24) is 4.31 Å². The maximum Gasteiger partial charge on any atom is 0.308 e. The van der Waals surface area contributed by atoms with Crippen molar-refractivity contribution in [3.63, 3.8) is 0 Å². The number of hydrogen-bond donors (Lipinski definition) is 1. The van der Waals surface area contributed by atoms with Gasteiger partial charge in [0.05, 0.1) is 6.42 Å². The Morgan fingerprint density at radius 3 is 2.50 bits per heavy atom. The zero-order chi connectivity index (χ0) is 14.9. The molecule has 2 heterocycles. The Morgan fingerprint density at radius 2 is 1.95 bits per heavy atom. The minimum Gasteiger partial charge on any atom is -0.481 e. The lowest BCUT2D eigenvalue weighted by atomic mass is 10.0. The van der Waals surface area contributed by atoms with Gasteiger partial charge in [-0.3, -0.25) is 4.79 Å². The summed E-state index contributed by atoms with van der Waals surface area (Å²) in [5, 5.41) is 8.76. The number of sulfonamides is 1. The lowest BCUT2D eigenvalue weighted by Crippen LogP contribution is -2.47. The van der Waals surface area contributed by atoms with Gasteiger partial charge in [0, 0.05) is 17.0 Å². The van der Waals surface area contributed by atoms with Crippen LogP contribution < -0.4 is 0 Å². The molecular formula is C13H19NO4S2. The van der Waals surface area contributed by atoms with Crippen LogP contribution in [0.5, 0.6) is 0 Å². The molecule has 0 spiro atoms. The maximum absolute atomic E-state index is 12.7. The van der Waals surface area contributed by atoms with E-state index in [1.807, 2.05) is 13.8 Å². The number of aliphatic carboxylic acids is 1. The van der Waals surface area contributed by atoms with Crippen LogP contribution in [0.2, 0.25) is 0 Å². The van der Waals surface area contributed by atoms with Crippen LogP contribution >= 0.6 is 11.3 Å². The fourth-order valence-corrected chi connectivity index (χ4v) is 6.05. The van der Waals surface area contributed by atoms with Gasteiger partial charge in [0.2, 0.25) is 0 Å². The van der Waals surface area contributed by atoms with E-state index in [1.165, 1.54) is 6.07 Å². The van der Waals surface area contributed by atoms with Crippen LogP contribution in [0.3, 0.4) is 0 Å². The highest BCUT2D eigenvalue weighted by Crippen LogP contribution is 2.32. The summed E-state index contributed by atoms with van der Waals surface area (Å²) in [6.07, 6.45) is 2.65. The summed E-state index contributed by atoms with van der Waals surface area (Å²) in [6, 6.07) is 3.10. The Morgan fingerprint density at radius 1 is 1.35 bits per heavy atom. The van der Waals surface area contributed by atoms with E-state index in [0.717, 1.165) is 30.6 Å². The van der Waals surface area contributed by atoms with E-state index < -0.39 is 16.0 Å². The number of hydrogen-bond acceptors (Lipinski definition) is 4. The van der Waals surface area contributed by atoms with E-state index in [0.29, 0.717) is 4.88 Å². The van der Waals surface area contributed by atoms with Crippen molar-refractivity contribution in [1.29, 1.82) is 0 Å². The summed E-state index contributed by atoms with van der Waals surface area (Å²) < 4.78 is 27.2. The zero-order valence-corrected chi connectivity index (χ0v) is 13.2. The van der Waals surface area contributed by atoms with E-state index in [1.54, 1.807) is 10.4 Å². The molecule has 0 aliphatic carbocycles. The second-order valence-corrected chi connectivity index (χ2v) is 8.49. The smallest absolute Gasteiger partial charge is 0.308 e. The molecule has 112 valence electrons. The number of carboxylic acids is 1. The van der Waals surface area contributed by atoms with Gasteiger partial charge in [-0.25, -0.2) is 8.42 Å². The van der Waals surface area contributed by atoms with Crippen LogP contribution in [-0.2, 0) is 21.2 Å². The van der Waals surface area contributed by atoms with Crippen molar-refractivity contribution in [3.8, 4) is 0 Å². The first kappa shape index (κ1) is 15.5. The lowest BCUT2D eigenvalue weighted by Gasteiger charge is -2.37. The van der Waals surface area contributed by atoms with Crippen LogP contribution in [-0.4, -0.2) is 35.9 Å². The summed E-state index contributed by atoms with van der Waals surface area (Å²) in [4.78, 5) is 11.2. The number of carboxylic acid groups (broad SMARTS) is 1. The predicted octanol–water partition coefficient (Wildman–Crippen LogP) is 2.33. The van der Waals surface area contributed by atoms with Crippen LogP contribution in [0.15, 0.2) is 16.3 Å². The molecule has 1 N–H and O–H groups in total. The molecule has 1 aliphatic heterocycles. The fourth-order valence-electron chi connectivity index (χ4n) is 2.72. The molecule has 7 heteroatoms. The van der Waals surface area contributed by atoms with Gasteiger partial charge in [0.15, 0.2) is 0 Å². The molecule has 0 amide bonds. The van der Waals surface area contributed by atoms with Gasteiger partial charge in [0.1, 0.15) is 4.21 Å². The molecule has 20 heavy (non-hydrogen) atoms. The maximum atomic E-state index is 12.7. The van der Waals surface area contributed by atoms with Crippen molar-refractivity contribution >= 4 is 27.3 Å². The number of thiophene rings is 1. The van der Waals surface area contributed by atoms with Gasteiger partial charge < -0.3 is 5.11 Å². The first-order valence-electron chi connectivity index (χ1n) is 6.66. The highest BCUT2D eigenvalue weighted by atomic mass is 32.2. The van der Waals surface area contributed by atoms with Crippen molar-refractivity contribution < 1.29 is 18.3 Å². The highest BCUT2D eigenvalue weighted by molar-refractivity contribution is 7.91. The quantitative estimate of drug-likeness (QED) is 0.925. The third-order valence-corrected chi connectivity index (χ3v) is 7.29. The Labute approximate surface area is 123 Å². The largest absolute Gasteiger partial charge is 0.481 e. The first-order valence-corrected chi connectivity index (χ1v) is 8.92. The van der Waals surface area contributed by atoms with Crippen molar-refractivity contribution in [2.24, 2.45) is 0 Å². The zero-order valence-electron chi connectivity index (χ0n) is 11.6. The molecule has 0 bridgehead atoms. The van der Waals surface area contributed by atoms with Crippen LogP contribution in [0.4, 0.5) is 0 Å². The second-order valence-electron chi connectivity index (χ2n) is 5.26. The Kier molecular flexibility index (Phi) is 4.51. The fraction of sp³-hybridized carbons (Fsp3) is 0.615. The predicted molar refractivity (Wildman–Crippen MR) is 77.5 cm³/mol. The highest BCUT2D eigenvalue weighted by Gasteiger charge is 2.36. The van der Waals surface area contributed by atoms with E-state index in [9.17, 15) is 13.2 Å². The minimum atomic E-state index is -3.52. The van der Waals surface area contributed by atoms with E-state index in [2.05, 4.69) is 0 Å². The first-order chi connectivity index (χ1) is 9.32. The third-order valence-electron chi connectivity index (χ3n) is 3.61. The molecule has 0 aromatic carbocycles. The third kappa shape index (κ3) is 3.05. The summed E-state index contributed by atoms with van der Waals surface area (Å²) in [5.74, 6) is -0.949. The molecule has 0 saturated carbocycles. The van der Waals surface area contributed by atoms with Gasteiger partial charge in [-0.15, -0.1) is 11.3 Å². The van der Waals surface area contributed by atoms with E-state index >= 15 is 0 Å². The number of rotatable bonds is 4. The summed E-state index contributed by atoms with van der Waals surface area (Å²) in [7, 11) is -3.52. The SMILES string of the molecule is CC1CCCC(C)N1S(=O)(=O)c1ccc(CC(=O)O)s1. The minimum absolute atomic E-state index is 0.00577. The standard InChI is InChI=1S/C13H19NO4S2/c1-9-4-3-5-10(2)14(9)20(17,18)13-7-6-11(19-13)8-12(15)16/h6-7,9-10H,3-5,8H2,1-2H3,(H,15,16). The van der Waals surface area contributed by atoms with Gasteiger partial charge >= 0.3 is 5.97 Å². The molecule has 1 aromatic heterocycles. The van der Waals surface area contributed by atoms with Gasteiger partial charge in [-0.05, 0) is 38.8 Å². The van der Waals surface area contributed by atoms with E-state index in [-0.39, 0.29) is 22.7 Å². The Balaban J connectivity index is 2.29. The topological polar surface area (TPSA) is 74.7 Å². The number of nitrogens with zero attached hydrogens (tertiary/aromatic N) is 1. The van der Waals surface area contributed by atoms with Crippen LogP contribution in [0.1, 0.15) is 38.0 Å². The Hall–Kier alpha value is -0.920. The molecule has 1 saturated heterocycles. The molecular weight excluding hydrogens is 298 g/mol. The molecule has 2 unspecified atom stereocenters. The molecule has 2 rings (SSSR count). The second kappa shape index (κ2) is 5.83. The van der Waals surface area contributed by atoms with Gasteiger partial charge in [-0.1, -0.05) is 6.42 Å². The van der Waals surface area contributed by atoms with E-state index in [4.69, 9.17) is 5.11 Å². The normalized spacial score (nSPS) is 24.7. The summed E-state index contributed by atoms with van der Waals surface area (Å²) in [6.45, 7) is 3.86. The summed E-state index contributed by atoms with van der Waals surface area (Å²) in [5.41, 5.74) is 0. The molecule has 0 radical (unpaired) electrons. The molecule has 2 atom stereocenters. The average Bonchev–Trinajstić information content (AvgIpc) is 2.76. The monoisotopic (exact) mass is 317 g/mol. The van der Waals surface area contributed by atoms with Crippen molar-refractivity contribution in [2.75, 3.05) is 0 Å². The molecule has 1 aliphatic rings. The Bertz CT molecular complexity index is 583. The van der Waals surface area contributed by atoms with Crippen molar-refractivity contribution in [3.05, 3.63) is 17.0 Å². The lowest BCUT2D eigenvalue weighted by molar-refractivity contribution is -0.136. The molecule has 5 nitrogen and oxygen atoms in total. The molecule has 1 aromatic rings. The summed E-state index contributed by atoms with van der Waals surface area (Å²) >= 11 is 1.06. The number of piperidine rings is 1. The van der Waals surface area contributed by atoms with Gasteiger partial charge in [-0.2, -0.15) is 4.31 Å². The average molecular weight is 317 g/mol. The van der Waals surface area contributed by atoms with Crippen molar-refractivity contribution in [2.45, 2.75) is 55.8 Å². The molecule has 1 fully saturated rings. The van der Waals surface area contributed by atoms with Gasteiger partial charge in [0.25, 0.3) is 10.0 Å².